The van der Waals surface area contributed by atoms with Crippen molar-refractivity contribution in [2.24, 2.45) is 11.3 Å². The molecule has 0 radical (unpaired) electrons. The molecule has 186 valence electrons. The SMILES string of the molecule is C[C@]12CC=C3C=C4CC[C@@H](N5CCCC5)C[C@]45CC[C@]3(O5)[C@@H]1CC[C@@H]2N1CCc2ccccc2C1. The second-order valence-electron chi connectivity index (χ2n) is 13.3. The number of likely N-dealkylation sites (tertiary alicyclic amines) is 1. The number of benzene rings is 1. The lowest BCUT2D eigenvalue weighted by Crippen LogP contribution is -2.57. The Balaban J connectivity index is 1.10. The van der Waals surface area contributed by atoms with Gasteiger partial charge in [0.25, 0.3) is 0 Å². The summed E-state index contributed by atoms with van der Waals surface area (Å²) in [6, 6.07) is 10.6. The smallest absolute Gasteiger partial charge is 0.0975 e. The Kier molecular flexibility index (Phi) is 4.67. The zero-order valence-corrected chi connectivity index (χ0v) is 21.6. The van der Waals surface area contributed by atoms with Gasteiger partial charge in [-0.05, 0) is 117 Å². The van der Waals surface area contributed by atoms with Crippen LogP contribution in [0.25, 0.3) is 0 Å². The van der Waals surface area contributed by atoms with Gasteiger partial charge in [-0.2, -0.15) is 0 Å². The van der Waals surface area contributed by atoms with Gasteiger partial charge in [0.1, 0.15) is 0 Å². The molecule has 0 unspecified atom stereocenters. The molecule has 6 atom stereocenters. The van der Waals surface area contributed by atoms with Gasteiger partial charge in [-0.25, -0.2) is 0 Å². The fourth-order valence-corrected chi connectivity index (χ4v) is 10.2. The lowest BCUT2D eigenvalue weighted by molar-refractivity contribution is -0.144. The van der Waals surface area contributed by atoms with Gasteiger partial charge in [0.15, 0.2) is 0 Å². The van der Waals surface area contributed by atoms with Crippen molar-refractivity contribution >= 4 is 0 Å². The minimum Gasteiger partial charge on any atom is -0.359 e. The van der Waals surface area contributed by atoms with Crippen LogP contribution < -0.4 is 0 Å². The lowest BCUT2D eigenvalue weighted by Gasteiger charge is -2.55. The molecule has 3 aliphatic carbocycles. The van der Waals surface area contributed by atoms with Crippen LogP contribution in [0.3, 0.4) is 0 Å². The zero-order chi connectivity index (χ0) is 23.3. The molecule has 2 saturated heterocycles. The molecule has 1 aromatic carbocycles. The molecule has 2 saturated carbocycles. The molecule has 1 aromatic rings. The summed E-state index contributed by atoms with van der Waals surface area (Å²) in [5, 5.41) is 0. The molecule has 0 amide bonds. The van der Waals surface area contributed by atoms with Crippen LogP contribution in [0.5, 0.6) is 0 Å². The second kappa shape index (κ2) is 7.55. The quantitative estimate of drug-likeness (QED) is 0.524. The van der Waals surface area contributed by atoms with Gasteiger partial charge in [0, 0.05) is 25.2 Å². The predicted molar refractivity (Wildman–Crippen MR) is 140 cm³/mol. The van der Waals surface area contributed by atoms with E-state index in [1.165, 1.54) is 90.3 Å². The summed E-state index contributed by atoms with van der Waals surface area (Å²) in [5.41, 5.74) is 6.73. The van der Waals surface area contributed by atoms with Crippen LogP contribution >= 0.6 is 0 Å². The minimum absolute atomic E-state index is 0.00809. The van der Waals surface area contributed by atoms with Crippen LogP contribution in [-0.4, -0.2) is 52.7 Å². The van der Waals surface area contributed by atoms with Gasteiger partial charge in [0.05, 0.1) is 11.2 Å². The molecule has 4 fully saturated rings. The van der Waals surface area contributed by atoms with Crippen LogP contribution in [0.4, 0.5) is 0 Å². The summed E-state index contributed by atoms with van der Waals surface area (Å²) in [6.45, 7) is 7.63. The highest BCUT2D eigenvalue weighted by Gasteiger charge is 2.67. The average molecular weight is 471 g/mol. The maximum atomic E-state index is 7.56. The van der Waals surface area contributed by atoms with Gasteiger partial charge >= 0.3 is 0 Å². The van der Waals surface area contributed by atoms with Crippen molar-refractivity contribution in [3.05, 3.63) is 58.7 Å². The number of nitrogens with zero attached hydrogens (tertiary/aromatic N) is 2. The fourth-order valence-electron chi connectivity index (χ4n) is 10.2. The van der Waals surface area contributed by atoms with Crippen molar-refractivity contribution < 1.29 is 4.74 Å². The summed E-state index contributed by atoms with van der Waals surface area (Å²) < 4.78 is 7.56. The largest absolute Gasteiger partial charge is 0.359 e. The highest BCUT2D eigenvalue weighted by Crippen LogP contribution is 2.67. The number of rotatable bonds is 2. The van der Waals surface area contributed by atoms with Crippen molar-refractivity contribution in [2.75, 3.05) is 19.6 Å². The topological polar surface area (TPSA) is 15.7 Å². The van der Waals surface area contributed by atoms with Gasteiger partial charge in [-0.3, -0.25) is 4.90 Å². The minimum atomic E-state index is -0.00809. The first-order valence-corrected chi connectivity index (χ1v) is 14.8. The number of ether oxygens (including phenoxy) is 1. The lowest BCUT2D eigenvalue weighted by atomic mass is 9.59. The van der Waals surface area contributed by atoms with Crippen LogP contribution in [-0.2, 0) is 17.7 Å². The van der Waals surface area contributed by atoms with Crippen LogP contribution in [0.15, 0.2) is 47.6 Å². The van der Waals surface area contributed by atoms with Crippen LogP contribution in [0.1, 0.15) is 82.3 Å². The van der Waals surface area contributed by atoms with E-state index in [9.17, 15) is 0 Å². The summed E-state index contributed by atoms with van der Waals surface area (Å²) in [4.78, 5) is 5.66. The first-order valence-electron chi connectivity index (χ1n) is 14.8. The summed E-state index contributed by atoms with van der Waals surface area (Å²) in [5.74, 6) is 0.668. The second-order valence-corrected chi connectivity index (χ2v) is 13.3. The molecule has 3 nitrogen and oxygen atoms in total. The predicted octanol–water partition coefficient (Wildman–Crippen LogP) is 6.04. The molecule has 8 rings (SSSR count). The van der Waals surface area contributed by atoms with E-state index in [2.05, 4.69) is 53.1 Å². The summed E-state index contributed by atoms with van der Waals surface area (Å²) in [7, 11) is 0. The monoisotopic (exact) mass is 470 g/mol. The van der Waals surface area contributed by atoms with E-state index in [1.807, 2.05) is 0 Å². The van der Waals surface area contributed by atoms with Crippen molar-refractivity contribution in [3.63, 3.8) is 0 Å². The Morgan fingerprint density at radius 1 is 0.914 bits per heavy atom. The molecular formula is C32H42N2O. The van der Waals surface area contributed by atoms with Crippen LogP contribution in [0, 0.1) is 11.3 Å². The van der Waals surface area contributed by atoms with Crippen LogP contribution in [0.2, 0.25) is 0 Å². The molecule has 2 spiro atoms. The molecule has 0 aromatic heterocycles. The molecule has 2 bridgehead atoms. The van der Waals surface area contributed by atoms with Crippen molar-refractivity contribution in [1.29, 1.82) is 0 Å². The zero-order valence-electron chi connectivity index (χ0n) is 21.6. The third-order valence-corrected chi connectivity index (χ3v) is 11.9. The number of allylic oxidation sites excluding steroid dienone is 1. The number of hydrogen-bond donors (Lipinski definition) is 0. The number of hydrogen-bond acceptors (Lipinski definition) is 3. The first kappa shape index (κ1) is 21.6. The Morgan fingerprint density at radius 3 is 2.66 bits per heavy atom. The standard InChI is InChI=1S/C32H42N2O/c1-30-14-12-26-20-25-8-9-27(33-17-4-5-18-33)21-31(25)15-16-32(26,35-31)28(30)10-11-29(30)34-19-13-23-6-2-3-7-24(23)22-34/h2-3,6-7,12,20,27-29H,4-5,8-11,13-19,21-22H2,1H3/t27-,28-,29+,30+,31-,32-/m1/s1. The van der Waals surface area contributed by atoms with Crippen molar-refractivity contribution in [2.45, 2.75) is 107 Å². The third kappa shape index (κ3) is 2.95. The summed E-state index contributed by atoms with van der Waals surface area (Å²) >= 11 is 0. The number of fused-ring (bicyclic) bond motifs is 2. The Labute approximate surface area is 211 Å². The molecule has 35 heavy (non-hydrogen) atoms. The third-order valence-electron chi connectivity index (χ3n) is 11.9. The van der Waals surface area contributed by atoms with Crippen molar-refractivity contribution in [3.8, 4) is 0 Å². The van der Waals surface area contributed by atoms with E-state index in [0.717, 1.165) is 12.6 Å². The van der Waals surface area contributed by atoms with Crippen molar-refractivity contribution in [1.82, 2.24) is 9.80 Å². The van der Waals surface area contributed by atoms with Gasteiger partial charge in [0.2, 0.25) is 0 Å². The van der Waals surface area contributed by atoms with E-state index in [4.69, 9.17) is 4.74 Å². The molecular weight excluding hydrogens is 428 g/mol. The normalized spacial score (nSPS) is 44.8. The summed E-state index contributed by atoms with van der Waals surface area (Å²) in [6.07, 6.45) is 19.6. The van der Waals surface area contributed by atoms with E-state index in [0.29, 0.717) is 17.4 Å². The van der Waals surface area contributed by atoms with Gasteiger partial charge < -0.3 is 9.64 Å². The van der Waals surface area contributed by atoms with E-state index < -0.39 is 0 Å². The Bertz CT molecular complexity index is 1100. The fraction of sp³-hybridized carbons (Fsp3) is 0.688. The van der Waals surface area contributed by atoms with E-state index >= 15 is 0 Å². The highest BCUT2D eigenvalue weighted by atomic mass is 16.5. The average Bonchev–Trinajstić information content (AvgIpc) is 3.60. The Morgan fingerprint density at radius 2 is 1.77 bits per heavy atom. The molecule has 7 aliphatic rings. The maximum Gasteiger partial charge on any atom is 0.0975 e. The molecule has 0 N–H and O–H groups in total. The van der Waals surface area contributed by atoms with E-state index in [1.54, 1.807) is 22.3 Å². The van der Waals surface area contributed by atoms with E-state index in [-0.39, 0.29) is 11.2 Å². The highest BCUT2D eigenvalue weighted by molar-refractivity contribution is 5.47. The van der Waals surface area contributed by atoms with Gasteiger partial charge in [-0.1, -0.05) is 43.3 Å². The maximum absolute atomic E-state index is 7.56. The first-order chi connectivity index (χ1) is 17.1. The van der Waals surface area contributed by atoms with Gasteiger partial charge in [-0.15, -0.1) is 0 Å². The Hall–Kier alpha value is -1.42. The molecule has 4 heterocycles. The molecule has 3 heteroatoms. The molecule has 4 aliphatic heterocycles.